The molecule has 1 saturated heterocycles. The van der Waals surface area contributed by atoms with Gasteiger partial charge in [-0.15, -0.1) is 0 Å². The van der Waals surface area contributed by atoms with Crippen LogP contribution in [0.25, 0.3) is 0 Å². The topological polar surface area (TPSA) is 121 Å². The predicted molar refractivity (Wildman–Crippen MR) is 188 cm³/mol. The molecule has 1 aliphatic heterocycles. The molecule has 2 unspecified atom stereocenters. The van der Waals surface area contributed by atoms with E-state index in [1.54, 1.807) is 37.6 Å². The summed E-state index contributed by atoms with van der Waals surface area (Å²) in [5, 5.41) is 0. The van der Waals surface area contributed by atoms with Gasteiger partial charge in [-0.3, -0.25) is 19.4 Å². The summed E-state index contributed by atoms with van der Waals surface area (Å²) in [6.45, 7) is 12.9. The first kappa shape index (κ1) is 40.6. The van der Waals surface area contributed by atoms with Crippen LogP contribution in [0.1, 0.15) is 90.9 Å². The fraction of sp³-hybridized carbons (Fsp3) is 0.474. The number of aromatic nitrogens is 1. The van der Waals surface area contributed by atoms with Crippen LogP contribution in [0.2, 0.25) is 0 Å². The standard InChI is InChI=1S/C18H21NO4.C13H23NO2.C5H5N.C2H6/c1-21-17-9-7-13(10-18(17)22-2)6-8-16(23-12-20)14-4-3-5-15(19)11-14;1-5-13(3,4)11(15)12(16)14-9-7-6-8-10(14)2;1-2-4-6-5-3-1;1-2/h3-5,7,9-12,16H,6,8,19H2,1-2H3;10H,5-9H2,1-4H3;1-5H;1-2H3. The highest BCUT2D eigenvalue weighted by Crippen LogP contribution is 2.30. The number of Topliss-reactive ketones (excluding diaryl/α,β-unsaturated/α-hetero) is 1. The first-order valence-electron chi connectivity index (χ1n) is 16.4. The van der Waals surface area contributed by atoms with Crippen LogP contribution in [0.15, 0.2) is 73.1 Å². The quantitative estimate of drug-likeness (QED) is 0.128. The summed E-state index contributed by atoms with van der Waals surface area (Å²) in [6.07, 6.45) is 8.47. The molecule has 258 valence electrons. The average molecular weight is 650 g/mol. The van der Waals surface area contributed by atoms with Crippen molar-refractivity contribution in [1.29, 1.82) is 0 Å². The van der Waals surface area contributed by atoms with E-state index in [-0.39, 0.29) is 23.8 Å². The molecule has 3 aromatic rings. The van der Waals surface area contributed by atoms with Gasteiger partial charge in [0, 0.05) is 36.1 Å². The molecule has 47 heavy (non-hydrogen) atoms. The summed E-state index contributed by atoms with van der Waals surface area (Å²) in [5.41, 5.74) is 7.88. The number of hydrogen-bond donors (Lipinski definition) is 1. The molecule has 1 fully saturated rings. The number of pyridine rings is 1. The second-order valence-electron chi connectivity index (χ2n) is 11.6. The largest absolute Gasteiger partial charge is 0.493 e. The molecular formula is C38H55N3O6. The molecule has 4 rings (SSSR count). The maximum atomic E-state index is 12.1. The van der Waals surface area contributed by atoms with Crippen LogP contribution >= 0.6 is 0 Å². The van der Waals surface area contributed by atoms with E-state index in [0.717, 1.165) is 43.4 Å². The summed E-state index contributed by atoms with van der Waals surface area (Å²) < 4.78 is 15.7. The van der Waals surface area contributed by atoms with Crippen LogP contribution in [-0.4, -0.2) is 54.9 Å². The van der Waals surface area contributed by atoms with Crippen molar-refractivity contribution in [2.75, 3.05) is 26.5 Å². The van der Waals surface area contributed by atoms with Crippen LogP contribution in [-0.2, 0) is 25.5 Å². The van der Waals surface area contributed by atoms with Gasteiger partial charge in [0.25, 0.3) is 12.4 Å². The fourth-order valence-electron chi connectivity index (χ4n) is 4.77. The van der Waals surface area contributed by atoms with Gasteiger partial charge in [-0.2, -0.15) is 0 Å². The van der Waals surface area contributed by atoms with Crippen molar-refractivity contribution in [3.63, 3.8) is 0 Å². The van der Waals surface area contributed by atoms with Crippen molar-refractivity contribution in [3.8, 4) is 11.5 Å². The monoisotopic (exact) mass is 649 g/mol. The lowest BCUT2D eigenvalue weighted by atomic mass is 9.84. The Morgan fingerprint density at radius 1 is 1.00 bits per heavy atom. The van der Waals surface area contributed by atoms with Crippen molar-refractivity contribution in [2.45, 2.75) is 92.2 Å². The zero-order valence-electron chi connectivity index (χ0n) is 29.5. The van der Waals surface area contributed by atoms with E-state index < -0.39 is 5.41 Å². The number of hydrogen-bond acceptors (Lipinski definition) is 8. The van der Waals surface area contributed by atoms with Gasteiger partial charge < -0.3 is 24.8 Å². The van der Waals surface area contributed by atoms with Crippen molar-refractivity contribution >= 4 is 23.9 Å². The Hall–Kier alpha value is -4.40. The second-order valence-corrected chi connectivity index (χ2v) is 11.6. The molecule has 1 amide bonds. The first-order valence-corrected chi connectivity index (χ1v) is 16.4. The van der Waals surface area contributed by atoms with E-state index in [2.05, 4.69) is 4.98 Å². The third kappa shape index (κ3) is 13.9. The van der Waals surface area contributed by atoms with Gasteiger partial charge in [0.15, 0.2) is 11.5 Å². The third-order valence-electron chi connectivity index (χ3n) is 7.97. The highest BCUT2D eigenvalue weighted by atomic mass is 16.5. The molecular weight excluding hydrogens is 594 g/mol. The number of nitrogens with zero attached hydrogens (tertiary/aromatic N) is 2. The first-order chi connectivity index (χ1) is 22.6. The number of benzene rings is 2. The van der Waals surface area contributed by atoms with Crippen molar-refractivity contribution in [3.05, 3.63) is 84.2 Å². The average Bonchev–Trinajstić information content (AvgIpc) is 3.11. The van der Waals surface area contributed by atoms with Gasteiger partial charge in [0.2, 0.25) is 5.78 Å². The number of carbonyl (C=O) groups is 3. The van der Waals surface area contributed by atoms with Crippen LogP contribution < -0.4 is 15.2 Å². The van der Waals surface area contributed by atoms with E-state index in [4.69, 9.17) is 19.9 Å². The number of aryl methyl sites for hydroxylation is 1. The number of piperidine rings is 1. The van der Waals surface area contributed by atoms with E-state index in [1.165, 1.54) is 0 Å². The number of nitrogens with two attached hydrogens (primary N) is 1. The van der Waals surface area contributed by atoms with E-state index in [0.29, 0.717) is 36.5 Å². The third-order valence-corrected chi connectivity index (χ3v) is 7.97. The fourth-order valence-corrected chi connectivity index (χ4v) is 4.77. The maximum Gasteiger partial charge on any atom is 0.293 e. The minimum Gasteiger partial charge on any atom is -0.493 e. The molecule has 0 spiro atoms. The Bertz CT molecular complexity index is 1310. The number of likely N-dealkylation sites (tertiary alicyclic amines) is 1. The molecule has 0 radical (unpaired) electrons. The number of carbonyl (C=O) groups excluding carboxylic acids is 3. The molecule has 2 N–H and O–H groups in total. The molecule has 0 aliphatic carbocycles. The van der Waals surface area contributed by atoms with Crippen molar-refractivity contribution in [1.82, 2.24) is 9.88 Å². The molecule has 0 bridgehead atoms. The second kappa shape index (κ2) is 22.2. The van der Waals surface area contributed by atoms with Gasteiger partial charge in [0.05, 0.1) is 14.2 Å². The Morgan fingerprint density at radius 2 is 1.68 bits per heavy atom. The highest BCUT2D eigenvalue weighted by Gasteiger charge is 2.36. The number of anilines is 1. The van der Waals surface area contributed by atoms with E-state index in [1.807, 2.05) is 96.1 Å². The number of ketones is 1. The summed E-state index contributed by atoms with van der Waals surface area (Å²) in [6, 6.07) is 19.1. The number of amides is 1. The Kier molecular flexibility index (Phi) is 19.2. The van der Waals surface area contributed by atoms with Gasteiger partial charge in [-0.05, 0) is 93.0 Å². The zero-order chi connectivity index (χ0) is 35.2. The molecule has 2 aromatic carbocycles. The summed E-state index contributed by atoms with van der Waals surface area (Å²) in [4.78, 5) is 40.5. The van der Waals surface area contributed by atoms with Crippen LogP contribution in [0.5, 0.6) is 11.5 Å². The van der Waals surface area contributed by atoms with Crippen LogP contribution in [0.4, 0.5) is 5.69 Å². The maximum absolute atomic E-state index is 12.1. The summed E-state index contributed by atoms with van der Waals surface area (Å²) in [5.74, 6) is 0.859. The number of rotatable bonds is 11. The molecule has 2 atom stereocenters. The number of nitrogen functional groups attached to an aromatic ring is 1. The van der Waals surface area contributed by atoms with Gasteiger partial charge in [-0.1, -0.05) is 58.9 Å². The molecule has 9 nitrogen and oxygen atoms in total. The van der Waals surface area contributed by atoms with Crippen molar-refractivity contribution in [2.24, 2.45) is 5.41 Å². The Labute approximate surface area is 281 Å². The molecule has 2 heterocycles. The lowest BCUT2D eigenvalue weighted by molar-refractivity contribution is -0.151. The summed E-state index contributed by atoms with van der Waals surface area (Å²) >= 11 is 0. The zero-order valence-corrected chi connectivity index (χ0v) is 29.5. The predicted octanol–water partition coefficient (Wildman–Crippen LogP) is 7.63. The molecule has 0 saturated carbocycles. The lowest BCUT2D eigenvalue weighted by Gasteiger charge is -2.34. The smallest absolute Gasteiger partial charge is 0.293 e. The van der Waals surface area contributed by atoms with E-state index in [9.17, 15) is 14.4 Å². The Morgan fingerprint density at radius 3 is 2.19 bits per heavy atom. The number of methoxy groups -OCH3 is 2. The van der Waals surface area contributed by atoms with Crippen LogP contribution in [0, 0.1) is 5.41 Å². The Balaban J connectivity index is 0.000000396. The molecule has 9 heteroatoms. The highest BCUT2D eigenvalue weighted by molar-refractivity contribution is 6.38. The van der Waals surface area contributed by atoms with Crippen LogP contribution in [0.3, 0.4) is 0 Å². The van der Waals surface area contributed by atoms with Gasteiger partial charge in [0.1, 0.15) is 6.10 Å². The molecule has 1 aliphatic rings. The van der Waals surface area contributed by atoms with Gasteiger partial charge >= 0.3 is 0 Å². The summed E-state index contributed by atoms with van der Waals surface area (Å²) in [7, 11) is 3.21. The molecule has 1 aromatic heterocycles. The lowest BCUT2D eigenvalue weighted by Crippen LogP contribution is -2.48. The minimum atomic E-state index is -0.520. The van der Waals surface area contributed by atoms with E-state index >= 15 is 0 Å². The SMILES string of the molecule is CC.CCC(C)(C)C(=O)C(=O)N1CCCCC1C.COc1ccc(CCC(OC=O)c2cccc(N)c2)cc1OC.c1ccncc1. The number of ether oxygens (including phenoxy) is 3. The van der Waals surface area contributed by atoms with Crippen molar-refractivity contribution < 1.29 is 28.6 Å². The van der Waals surface area contributed by atoms with Gasteiger partial charge in [-0.25, -0.2) is 0 Å². The minimum absolute atomic E-state index is 0.220. The normalized spacial score (nSPS) is 14.3.